The van der Waals surface area contributed by atoms with E-state index in [1.807, 2.05) is 0 Å². The molecule has 2 heterocycles. The molecule has 0 N–H and O–H groups in total. The van der Waals surface area contributed by atoms with E-state index in [2.05, 4.69) is 14.2 Å². The predicted octanol–water partition coefficient (Wildman–Crippen LogP) is 3.24. The van der Waals surface area contributed by atoms with Crippen LogP contribution in [0.15, 0.2) is 11.6 Å². The summed E-state index contributed by atoms with van der Waals surface area (Å²) in [5.74, 6) is -16.1. The van der Waals surface area contributed by atoms with Crippen LogP contribution in [-0.4, -0.2) is 37.5 Å². The van der Waals surface area contributed by atoms with Crippen LogP contribution in [0.5, 0.6) is 0 Å². The van der Waals surface area contributed by atoms with Crippen molar-refractivity contribution in [3.05, 3.63) is 11.6 Å². The summed E-state index contributed by atoms with van der Waals surface area (Å²) in [5.41, 5.74) is -0.776. The first kappa shape index (κ1) is 18.0. The second-order valence-electron chi connectivity index (χ2n) is 6.77. The first-order valence-corrected chi connectivity index (χ1v) is 7.46. The van der Waals surface area contributed by atoms with Crippen molar-refractivity contribution < 1.29 is 54.1 Å². The molecule has 0 aromatic rings. The van der Waals surface area contributed by atoms with Crippen LogP contribution in [0.25, 0.3) is 0 Å². The predicted molar refractivity (Wildman–Crippen MR) is 63.0 cm³/mol. The van der Waals surface area contributed by atoms with Gasteiger partial charge in [0.1, 0.15) is 0 Å². The molecule has 4 nitrogen and oxygen atoms in total. The summed E-state index contributed by atoms with van der Waals surface area (Å²) in [6.45, 7) is 0. The topological polar surface area (TPSA) is 44.8 Å². The van der Waals surface area contributed by atoms with E-state index in [1.54, 1.807) is 0 Å². The summed E-state index contributed by atoms with van der Waals surface area (Å²) in [7, 11) is 0.816. The molecule has 26 heavy (non-hydrogen) atoms. The van der Waals surface area contributed by atoms with Gasteiger partial charge in [-0.15, -0.1) is 0 Å². The number of ether oxygens (including phenoxy) is 3. The largest absolute Gasteiger partial charge is 0.466 e. The first-order valence-electron chi connectivity index (χ1n) is 7.46. The van der Waals surface area contributed by atoms with Crippen LogP contribution in [0.1, 0.15) is 0 Å². The van der Waals surface area contributed by atoms with Crippen molar-refractivity contribution in [2.45, 2.75) is 24.4 Å². The molecule has 4 unspecified atom stereocenters. The fraction of sp³-hybridized carbons (Fsp3) is 0.786. The number of halogens is 8. The summed E-state index contributed by atoms with van der Waals surface area (Å²) >= 11 is 0. The number of carbonyl (C=O) groups is 1. The number of carbonyl (C=O) groups excluding carboxylic acids is 1. The lowest BCUT2D eigenvalue weighted by Crippen LogP contribution is -2.58. The number of hydrogen-bond donors (Lipinski definition) is 0. The van der Waals surface area contributed by atoms with E-state index in [0.717, 1.165) is 7.11 Å². The highest BCUT2D eigenvalue weighted by Crippen LogP contribution is 2.73. The molecule has 1 saturated carbocycles. The zero-order valence-electron chi connectivity index (χ0n) is 12.7. The molecule has 4 atom stereocenters. The Bertz CT molecular complexity index is 663. The number of hydrogen-bond acceptors (Lipinski definition) is 4. The smallest absolute Gasteiger partial charge is 0.364 e. The summed E-state index contributed by atoms with van der Waals surface area (Å²) in [4.78, 5) is 11.8. The molecule has 5 rings (SSSR count). The van der Waals surface area contributed by atoms with Crippen LogP contribution in [0, 0.1) is 35.5 Å². The summed E-state index contributed by atoms with van der Waals surface area (Å²) in [6.07, 6.45) is -17.7. The fourth-order valence-corrected chi connectivity index (χ4v) is 4.94. The highest BCUT2D eigenvalue weighted by Gasteiger charge is 2.84. The lowest BCUT2D eigenvalue weighted by molar-refractivity contribution is -0.353. The molecule has 0 spiro atoms. The van der Waals surface area contributed by atoms with Crippen LogP contribution in [0.2, 0.25) is 0 Å². The van der Waals surface area contributed by atoms with Crippen LogP contribution in [-0.2, 0) is 19.0 Å². The van der Waals surface area contributed by atoms with Crippen molar-refractivity contribution in [1.29, 1.82) is 0 Å². The van der Waals surface area contributed by atoms with Crippen molar-refractivity contribution in [2.24, 2.45) is 35.5 Å². The van der Waals surface area contributed by atoms with Gasteiger partial charge in [-0.25, -0.2) is 4.79 Å². The Balaban J connectivity index is 1.95. The highest BCUT2D eigenvalue weighted by molar-refractivity contribution is 5.89. The van der Waals surface area contributed by atoms with Crippen LogP contribution in [0.3, 0.4) is 0 Å². The summed E-state index contributed by atoms with van der Waals surface area (Å²) < 4.78 is 124. The third-order valence-electron chi connectivity index (χ3n) is 5.63. The molecule has 0 amide bonds. The number of allylic oxidation sites excluding steroid dienone is 1. The Kier molecular flexibility index (Phi) is 3.24. The molecule has 2 saturated heterocycles. The Morgan fingerprint density at radius 1 is 0.846 bits per heavy atom. The molecule has 2 aliphatic heterocycles. The quantitative estimate of drug-likeness (QED) is 0.506. The average molecular weight is 394 g/mol. The standard InChI is InChI=1S/C14H10F8O4/c1-24-10(23)3-2-4-6-8(13(19,20)25-11(6,15)16)5(3)9-7(4)12(17,18)26-14(9,21)22/h2,4-9H,1H3. The number of esters is 1. The maximum atomic E-state index is 14.1. The van der Waals surface area contributed by atoms with Gasteiger partial charge in [-0.3, -0.25) is 9.47 Å². The lowest BCUT2D eigenvalue weighted by Gasteiger charge is -2.50. The highest BCUT2D eigenvalue weighted by atomic mass is 19.3. The van der Waals surface area contributed by atoms with E-state index < -0.39 is 71.5 Å². The van der Waals surface area contributed by atoms with Gasteiger partial charge in [0.15, 0.2) is 0 Å². The Morgan fingerprint density at radius 2 is 1.23 bits per heavy atom. The molecular formula is C14H10F8O4. The van der Waals surface area contributed by atoms with Gasteiger partial charge in [0.05, 0.1) is 30.8 Å². The maximum Gasteiger partial charge on any atom is 0.364 e. The SMILES string of the molecule is COC(=O)C1=CC2C3C(C1C1C2C(F)(F)OC1(F)F)C(F)(F)OC3(F)F. The van der Waals surface area contributed by atoms with Crippen molar-refractivity contribution in [1.82, 2.24) is 0 Å². The molecule has 146 valence electrons. The Hall–Kier alpha value is -1.43. The van der Waals surface area contributed by atoms with Gasteiger partial charge in [0, 0.05) is 17.4 Å². The number of rotatable bonds is 1. The Labute approximate surface area is 140 Å². The van der Waals surface area contributed by atoms with Crippen molar-refractivity contribution in [3.63, 3.8) is 0 Å². The van der Waals surface area contributed by atoms with Gasteiger partial charge >= 0.3 is 30.4 Å². The molecule has 0 radical (unpaired) electrons. The molecule has 3 fully saturated rings. The molecule has 2 bridgehead atoms. The third-order valence-corrected chi connectivity index (χ3v) is 5.63. The first-order chi connectivity index (χ1) is 11.7. The zero-order valence-corrected chi connectivity index (χ0v) is 12.7. The van der Waals surface area contributed by atoms with E-state index in [1.165, 1.54) is 0 Å². The van der Waals surface area contributed by atoms with E-state index >= 15 is 0 Å². The number of alkyl halides is 8. The van der Waals surface area contributed by atoms with Gasteiger partial charge in [-0.2, -0.15) is 35.1 Å². The van der Waals surface area contributed by atoms with Crippen LogP contribution < -0.4 is 0 Å². The van der Waals surface area contributed by atoms with Crippen LogP contribution in [0.4, 0.5) is 35.1 Å². The zero-order chi connectivity index (χ0) is 19.4. The average Bonchev–Trinajstić information content (AvgIpc) is 2.82. The molecule has 5 aliphatic rings. The summed E-state index contributed by atoms with van der Waals surface area (Å²) in [5, 5.41) is 0. The summed E-state index contributed by atoms with van der Waals surface area (Å²) in [6, 6.07) is 0. The monoisotopic (exact) mass is 394 g/mol. The molecule has 0 aromatic carbocycles. The van der Waals surface area contributed by atoms with E-state index in [0.29, 0.717) is 6.08 Å². The second-order valence-corrected chi connectivity index (χ2v) is 6.77. The third kappa shape index (κ3) is 1.99. The molecule has 3 aliphatic carbocycles. The van der Waals surface area contributed by atoms with E-state index in [-0.39, 0.29) is 0 Å². The van der Waals surface area contributed by atoms with E-state index in [4.69, 9.17) is 0 Å². The normalized spacial score (nSPS) is 45.7. The van der Waals surface area contributed by atoms with E-state index in [9.17, 15) is 39.9 Å². The van der Waals surface area contributed by atoms with Crippen molar-refractivity contribution in [3.8, 4) is 0 Å². The molecular weight excluding hydrogens is 384 g/mol. The minimum Gasteiger partial charge on any atom is -0.466 e. The minimum absolute atomic E-state index is 0.593. The Morgan fingerprint density at radius 3 is 1.62 bits per heavy atom. The van der Waals surface area contributed by atoms with Crippen molar-refractivity contribution in [2.75, 3.05) is 7.11 Å². The molecule has 0 aromatic heterocycles. The van der Waals surface area contributed by atoms with Crippen molar-refractivity contribution >= 4 is 5.97 Å². The van der Waals surface area contributed by atoms with Gasteiger partial charge in [-0.05, 0) is 0 Å². The minimum atomic E-state index is -4.61. The van der Waals surface area contributed by atoms with Gasteiger partial charge < -0.3 is 4.74 Å². The van der Waals surface area contributed by atoms with Gasteiger partial charge in [0.25, 0.3) is 0 Å². The molecule has 12 heteroatoms. The van der Waals surface area contributed by atoms with Crippen LogP contribution >= 0.6 is 0 Å². The lowest BCUT2D eigenvalue weighted by atomic mass is 9.51. The van der Waals surface area contributed by atoms with Gasteiger partial charge in [-0.1, -0.05) is 6.08 Å². The fourth-order valence-electron chi connectivity index (χ4n) is 4.94. The second kappa shape index (κ2) is 4.70. The van der Waals surface area contributed by atoms with Gasteiger partial charge in [0.2, 0.25) is 0 Å². The number of methoxy groups -OCH3 is 1. The maximum absolute atomic E-state index is 14.1.